The van der Waals surface area contributed by atoms with Gasteiger partial charge in [0, 0.05) is 6.61 Å². The zero-order chi connectivity index (χ0) is 9.80. The van der Waals surface area contributed by atoms with Gasteiger partial charge in [0.15, 0.2) is 5.82 Å². The second kappa shape index (κ2) is 4.39. The van der Waals surface area contributed by atoms with Crippen LogP contribution in [0.3, 0.4) is 0 Å². The standard InChI is InChI=1S/C8H14N4O2/c9-8-4-12(11-10-8)6-14-7-2-1-3-13-5-7/h4,7H,1-3,5-6,9H2. The lowest BCUT2D eigenvalue weighted by Crippen LogP contribution is -2.26. The highest BCUT2D eigenvalue weighted by Crippen LogP contribution is 2.10. The first-order valence-corrected chi connectivity index (χ1v) is 4.69. The van der Waals surface area contributed by atoms with Crippen LogP contribution in [0.25, 0.3) is 0 Å². The summed E-state index contributed by atoms with van der Waals surface area (Å²) in [5.41, 5.74) is 5.41. The summed E-state index contributed by atoms with van der Waals surface area (Å²) in [5.74, 6) is 0.411. The average molecular weight is 198 g/mol. The molecule has 6 heteroatoms. The summed E-state index contributed by atoms with van der Waals surface area (Å²) in [5, 5.41) is 7.44. The minimum absolute atomic E-state index is 0.175. The summed E-state index contributed by atoms with van der Waals surface area (Å²) in [6.45, 7) is 1.90. The Bertz CT molecular complexity index is 283. The lowest BCUT2D eigenvalue weighted by atomic mass is 10.2. The summed E-state index contributed by atoms with van der Waals surface area (Å²) >= 11 is 0. The molecule has 0 spiro atoms. The zero-order valence-corrected chi connectivity index (χ0v) is 7.93. The zero-order valence-electron chi connectivity index (χ0n) is 7.93. The molecule has 78 valence electrons. The highest BCUT2D eigenvalue weighted by atomic mass is 16.5. The number of nitrogen functional groups attached to an aromatic ring is 1. The summed E-state index contributed by atoms with van der Waals surface area (Å²) in [7, 11) is 0. The van der Waals surface area contributed by atoms with Crippen molar-refractivity contribution in [1.82, 2.24) is 15.0 Å². The van der Waals surface area contributed by atoms with E-state index in [2.05, 4.69) is 10.3 Å². The maximum absolute atomic E-state index is 5.56. The summed E-state index contributed by atoms with van der Waals surface area (Å²) in [4.78, 5) is 0. The van der Waals surface area contributed by atoms with Gasteiger partial charge in [-0.3, -0.25) is 0 Å². The van der Waals surface area contributed by atoms with Gasteiger partial charge in [-0.2, -0.15) is 0 Å². The Kier molecular flexibility index (Phi) is 2.95. The summed E-state index contributed by atoms with van der Waals surface area (Å²) in [6.07, 6.45) is 3.92. The monoisotopic (exact) mass is 198 g/mol. The van der Waals surface area contributed by atoms with Gasteiger partial charge in [-0.1, -0.05) is 5.21 Å². The molecule has 0 amide bonds. The fraction of sp³-hybridized carbons (Fsp3) is 0.750. The van der Waals surface area contributed by atoms with Crippen LogP contribution in [-0.2, 0) is 16.2 Å². The van der Waals surface area contributed by atoms with Gasteiger partial charge in [-0.05, 0) is 12.8 Å². The number of hydrogen-bond acceptors (Lipinski definition) is 5. The van der Waals surface area contributed by atoms with Crippen LogP contribution in [0.4, 0.5) is 5.82 Å². The molecule has 2 rings (SSSR count). The molecule has 0 bridgehead atoms. The molecule has 1 fully saturated rings. The fourth-order valence-corrected chi connectivity index (χ4v) is 1.40. The van der Waals surface area contributed by atoms with E-state index in [1.165, 1.54) is 0 Å². The van der Waals surface area contributed by atoms with E-state index in [1.54, 1.807) is 10.9 Å². The molecular weight excluding hydrogens is 184 g/mol. The molecule has 1 aliphatic heterocycles. The van der Waals surface area contributed by atoms with Gasteiger partial charge < -0.3 is 15.2 Å². The Hall–Kier alpha value is -1.14. The Morgan fingerprint density at radius 2 is 2.64 bits per heavy atom. The van der Waals surface area contributed by atoms with E-state index in [4.69, 9.17) is 15.2 Å². The summed E-state index contributed by atoms with van der Waals surface area (Å²) in [6, 6.07) is 0. The van der Waals surface area contributed by atoms with Crippen molar-refractivity contribution in [2.75, 3.05) is 18.9 Å². The molecule has 6 nitrogen and oxygen atoms in total. The number of nitrogens with two attached hydrogens (primary N) is 1. The highest BCUT2D eigenvalue weighted by Gasteiger charge is 2.14. The van der Waals surface area contributed by atoms with Crippen LogP contribution >= 0.6 is 0 Å². The number of anilines is 1. The lowest BCUT2D eigenvalue weighted by Gasteiger charge is -2.21. The largest absolute Gasteiger partial charge is 0.381 e. The van der Waals surface area contributed by atoms with Crippen LogP contribution in [0.5, 0.6) is 0 Å². The summed E-state index contributed by atoms with van der Waals surface area (Å²) < 4.78 is 12.4. The first kappa shape index (κ1) is 9.42. The van der Waals surface area contributed by atoms with Crippen molar-refractivity contribution < 1.29 is 9.47 Å². The van der Waals surface area contributed by atoms with Crippen molar-refractivity contribution in [2.24, 2.45) is 0 Å². The van der Waals surface area contributed by atoms with Crippen molar-refractivity contribution in [2.45, 2.75) is 25.7 Å². The van der Waals surface area contributed by atoms with Crippen LogP contribution in [0.15, 0.2) is 6.20 Å². The van der Waals surface area contributed by atoms with E-state index < -0.39 is 0 Å². The minimum atomic E-state index is 0.175. The fourth-order valence-electron chi connectivity index (χ4n) is 1.40. The SMILES string of the molecule is Nc1cn(COC2CCCOC2)nn1. The number of hydrogen-bond donors (Lipinski definition) is 1. The van der Waals surface area contributed by atoms with E-state index in [1.807, 2.05) is 0 Å². The molecule has 2 heterocycles. The second-order valence-electron chi connectivity index (χ2n) is 3.32. The molecule has 1 aromatic rings. The molecule has 0 aromatic carbocycles. The molecule has 1 aromatic heterocycles. The predicted molar refractivity (Wildman–Crippen MR) is 49.4 cm³/mol. The lowest BCUT2D eigenvalue weighted by molar-refractivity contribution is -0.0764. The quantitative estimate of drug-likeness (QED) is 0.740. The Balaban J connectivity index is 1.76. The molecule has 2 N–H and O–H groups in total. The molecule has 1 unspecified atom stereocenters. The van der Waals surface area contributed by atoms with E-state index >= 15 is 0 Å². The van der Waals surface area contributed by atoms with Crippen molar-refractivity contribution >= 4 is 5.82 Å². The van der Waals surface area contributed by atoms with E-state index in [0.29, 0.717) is 19.2 Å². The van der Waals surface area contributed by atoms with Gasteiger partial charge in [0.1, 0.15) is 6.73 Å². The minimum Gasteiger partial charge on any atom is -0.381 e. The third-order valence-corrected chi connectivity index (χ3v) is 2.12. The maximum atomic E-state index is 5.56. The van der Waals surface area contributed by atoms with Crippen LogP contribution in [0.2, 0.25) is 0 Å². The van der Waals surface area contributed by atoms with Crippen LogP contribution in [0, 0.1) is 0 Å². The van der Waals surface area contributed by atoms with Crippen molar-refractivity contribution in [3.63, 3.8) is 0 Å². The number of nitrogens with zero attached hydrogens (tertiary/aromatic N) is 3. The van der Waals surface area contributed by atoms with Gasteiger partial charge in [-0.15, -0.1) is 5.10 Å². The molecule has 14 heavy (non-hydrogen) atoms. The van der Waals surface area contributed by atoms with Crippen molar-refractivity contribution in [3.05, 3.63) is 6.20 Å². The molecule has 0 radical (unpaired) electrons. The third kappa shape index (κ3) is 2.43. The van der Waals surface area contributed by atoms with Crippen molar-refractivity contribution in [1.29, 1.82) is 0 Å². The van der Waals surface area contributed by atoms with Crippen LogP contribution in [-0.4, -0.2) is 34.3 Å². The second-order valence-corrected chi connectivity index (χ2v) is 3.32. The van der Waals surface area contributed by atoms with E-state index in [-0.39, 0.29) is 6.10 Å². The van der Waals surface area contributed by atoms with Gasteiger partial charge in [0.2, 0.25) is 0 Å². The number of ether oxygens (including phenoxy) is 2. The number of aromatic nitrogens is 3. The highest BCUT2D eigenvalue weighted by molar-refractivity contribution is 5.19. The third-order valence-electron chi connectivity index (χ3n) is 2.12. The Morgan fingerprint density at radius 1 is 1.71 bits per heavy atom. The predicted octanol–water partition coefficient (Wildman–Crippen LogP) is 0.0134. The topological polar surface area (TPSA) is 75.2 Å². The van der Waals surface area contributed by atoms with Crippen LogP contribution < -0.4 is 5.73 Å². The molecule has 0 saturated carbocycles. The van der Waals surface area contributed by atoms with E-state index in [9.17, 15) is 0 Å². The normalized spacial score (nSPS) is 22.4. The van der Waals surface area contributed by atoms with Crippen LogP contribution in [0.1, 0.15) is 12.8 Å². The smallest absolute Gasteiger partial charge is 0.166 e. The molecule has 1 atom stereocenters. The first-order valence-electron chi connectivity index (χ1n) is 4.69. The van der Waals surface area contributed by atoms with Gasteiger partial charge >= 0.3 is 0 Å². The van der Waals surface area contributed by atoms with Gasteiger partial charge in [-0.25, -0.2) is 4.68 Å². The average Bonchev–Trinajstić information content (AvgIpc) is 2.63. The molecule has 1 aliphatic rings. The first-order chi connectivity index (χ1) is 6.84. The van der Waals surface area contributed by atoms with E-state index in [0.717, 1.165) is 19.4 Å². The Morgan fingerprint density at radius 3 is 3.29 bits per heavy atom. The number of rotatable bonds is 3. The van der Waals surface area contributed by atoms with Gasteiger partial charge in [0.25, 0.3) is 0 Å². The maximum Gasteiger partial charge on any atom is 0.166 e. The molecular formula is C8H14N4O2. The van der Waals surface area contributed by atoms with Crippen molar-refractivity contribution in [3.8, 4) is 0 Å². The Labute approximate surface area is 82.0 Å². The molecule has 1 saturated heterocycles. The van der Waals surface area contributed by atoms with Gasteiger partial charge in [0.05, 0.1) is 18.9 Å². The molecule has 0 aliphatic carbocycles.